The van der Waals surface area contributed by atoms with Crippen LogP contribution in [0.25, 0.3) is 0 Å². The lowest BCUT2D eigenvalue weighted by molar-refractivity contribution is 0.183. The summed E-state index contributed by atoms with van der Waals surface area (Å²) in [6, 6.07) is 9.57. The molecule has 0 heterocycles. The second kappa shape index (κ2) is 7.66. The SMILES string of the molecule is CC(O)CCNCc1cccc(OCC#N)c1. The lowest BCUT2D eigenvalue weighted by atomic mass is 10.2. The van der Waals surface area contributed by atoms with Crippen molar-refractivity contribution in [2.75, 3.05) is 13.2 Å². The van der Waals surface area contributed by atoms with E-state index < -0.39 is 0 Å². The number of ether oxygens (including phenoxy) is 1. The van der Waals surface area contributed by atoms with Crippen molar-refractivity contribution in [2.24, 2.45) is 0 Å². The minimum atomic E-state index is -0.271. The van der Waals surface area contributed by atoms with E-state index in [1.165, 1.54) is 0 Å². The van der Waals surface area contributed by atoms with E-state index in [0.29, 0.717) is 5.75 Å². The molecule has 0 fully saturated rings. The molecule has 4 nitrogen and oxygen atoms in total. The maximum Gasteiger partial charge on any atom is 0.174 e. The fourth-order valence-corrected chi connectivity index (χ4v) is 1.40. The maximum atomic E-state index is 9.10. The number of hydrogen-bond acceptors (Lipinski definition) is 4. The Morgan fingerprint density at radius 1 is 1.53 bits per heavy atom. The predicted molar refractivity (Wildman–Crippen MR) is 65.6 cm³/mol. The van der Waals surface area contributed by atoms with Crippen molar-refractivity contribution in [3.63, 3.8) is 0 Å². The summed E-state index contributed by atoms with van der Waals surface area (Å²) in [6.45, 7) is 3.36. The Kier molecular flexibility index (Phi) is 6.08. The van der Waals surface area contributed by atoms with Gasteiger partial charge in [0.1, 0.15) is 11.8 Å². The summed E-state index contributed by atoms with van der Waals surface area (Å²) in [5.41, 5.74) is 1.10. The van der Waals surface area contributed by atoms with E-state index in [9.17, 15) is 0 Å². The van der Waals surface area contributed by atoms with E-state index in [1.807, 2.05) is 30.3 Å². The molecule has 1 aromatic rings. The van der Waals surface area contributed by atoms with Crippen LogP contribution in [0.4, 0.5) is 0 Å². The largest absolute Gasteiger partial charge is 0.479 e. The van der Waals surface area contributed by atoms with E-state index in [0.717, 1.165) is 25.1 Å². The first-order chi connectivity index (χ1) is 8.22. The number of aliphatic hydroxyl groups excluding tert-OH is 1. The minimum absolute atomic E-state index is 0.0684. The highest BCUT2D eigenvalue weighted by Crippen LogP contribution is 2.12. The fourth-order valence-electron chi connectivity index (χ4n) is 1.40. The van der Waals surface area contributed by atoms with Crippen molar-refractivity contribution in [3.05, 3.63) is 29.8 Å². The fraction of sp³-hybridized carbons (Fsp3) is 0.462. The van der Waals surface area contributed by atoms with Crippen LogP contribution in [0.2, 0.25) is 0 Å². The Bertz CT molecular complexity index is 372. The highest BCUT2D eigenvalue weighted by atomic mass is 16.5. The van der Waals surface area contributed by atoms with E-state index in [-0.39, 0.29) is 12.7 Å². The smallest absolute Gasteiger partial charge is 0.174 e. The summed E-state index contributed by atoms with van der Waals surface area (Å²) < 4.78 is 5.21. The van der Waals surface area contributed by atoms with Gasteiger partial charge < -0.3 is 15.2 Å². The molecular formula is C13H18N2O2. The lowest BCUT2D eigenvalue weighted by Crippen LogP contribution is -2.18. The Labute approximate surface area is 102 Å². The molecule has 4 heteroatoms. The molecule has 0 saturated carbocycles. The van der Waals surface area contributed by atoms with Crippen LogP contribution >= 0.6 is 0 Å². The number of hydrogen-bond donors (Lipinski definition) is 2. The van der Waals surface area contributed by atoms with Crippen molar-refractivity contribution in [1.29, 1.82) is 5.26 Å². The monoisotopic (exact) mass is 234 g/mol. The van der Waals surface area contributed by atoms with Gasteiger partial charge >= 0.3 is 0 Å². The van der Waals surface area contributed by atoms with Gasteiger partial charge in [-0.2, -0.15) is 5.26 Å². The number of nitriles is 1. The maximum absolute atomic E-state index is 9.10. The highest BCUT2D eigenvalue weighted by molar-refractivity contribution is 5.28. The summed E-state index contributed by atoms with van der Waals surface area (Å²) in [7, 11) is 0. The molecule has 0 saturated heterocycles. The molecule has 1 unspecified atom stereocenters. The molecule has 0 amide bonds. The molecule has 0 aromatic heterocycles. The predicted octanol–water partition coefficient (Wildman–Crippen LogP) is 1.45. The van der Waals surface area contributed by atoms with Crippen LogP contribution in [0.3, 0.4) is 0 Å². The first-order valence-electron chi connectivity index (χ1n) is 5.70. The molecule has 0 aliphatic rings. The zero-order valence-corrected chi connectivity index (χ0v) is 10.0. The zero-order chi connectivity index (χ0) is 12.5. The third-order valence-electron chi connectivity index (χ3n) is 2.27. The molecule has 92 valence electrons. The molecule has 0 radical (unpaired) electrons. The van der Waals surface area contributed by atoms with Crippen molar-refractivity contribution in [3.8, 4) is 11.8 Å². The Balaban J connectivity index is 2.35. The van der Waals surface area contributed by atoms with Crippen LogP contribution in [-0.2, 0) is 6.54 Å². The van der Waals surface area contributed by atoms with Gasteiger partial charge in [0, 0.05) is 6.54 Å². The van der Waals surface area contributed by atoms with Gasteiger partial charge in [-0.1, -0.05) is 12.1 Å². The van der Waals surface area contributed by atoms with Crippen LogP contribution in [0.5, 0.6) is 5.75 Å². The number of nitrogens with one attached hydrogen (secondary N) is 1. The Morgan fingerprint density at radius 3 is 3.06 bits per heavy atom. The van der Waals surface area contributed by atoms with E-state index in [1.54, 1.807) is 6.92 Å². The van der Waals surface area contributed by atoms with Gasteiger partial charge in [-0.15, -0.1) is 0 Å². The standard InChI is InChI=1S/C13H18N2O2/c1-11(16)5-7-15-10-12-3-2-4-13(9-12)17-8-6-14/h2-4,9,11,15-16H,5,7-8,10H2,1H3. The molecule has 17 heavy (non-hydrogen) atoms. The summed E-state index contributed by atoms with van der Waals surface area (Å²) >= 11 is 0. The van der Waals surface area contributed by atoms with Gasteiger partial charge in [0.05, 0.1) is 6.10 Å². The van der Waals surface area contributed by atoms with Gasteiger partial charge in [0.25, 0.3) is 0 Å². The quantitative estimate of drug-likeness (QED) is 0.701. The van der Waals surface area contributed by atoms with E-state index in [4.69, 9.17) is 15.1 Å². The molecule has 2 N–H and O–H groups in total. The average molecular weight is 234 g/mol. The second-order valence-corrected chi connectivity index (χ2v) is 3.91. The van der Waals surface area contributed by atoms with Crippen LogP contribution < -0.4 is 10.1 Å². The third-order valence-corrected chi connectivity index (χ3v) is 2.27. The molecule has 1 atom stereocenters. The molecule has 0 bridgehead atoms. The first kappa shape index (κ1) is 13.5. The first-order valence-corrected chi connectivity index (χ1v) is 5.70. The Morgan fingerprint density at radius 2 is 2.35 bits per heavy atom. The lowest BCUT2D eigenvalue weighted by Gasteiger charge is -2.08. The summed E-state index contributed by atoms with van der Waals surface area (Å²) in [4.78, 5) is 0. The van der Waals surface area contributed by atoms with Gasteiger partial charge in [0.15, 0.2) is 6.61 Å². The number of benzene rings is 1. The summed E-state index contributed by atoms with van der Waals surface area (Å²) in [5.74, 6) is 0.710. The zero-order valence-electron chi connectivity index (χ0n) is 10.0. The van der Waals surface area contributed by atoms with Crippen molar-refractivity contribution in [2.45, 2.75) is 26.0 Å². The van der Waals surface area contributed by atoms with E-state index >= 15 is 0 Å². The molecule has 0 spiro atoms. The molecule has 1 rings (SSSR count). The molecule has 0 aliphatic heterocycles. The Hall–Kier alpha value is -1.57. The number of rotatable bonds is 7. The van der Waals surface area contributed by atoms with Gasteiger partial charge in [0.2, 0.25) is 0 Å². The van der Waals surface area contributed by atoms with Crippen molar-refractivity contribution < 1.29 is 9.84 Å². The topological polar surface area (TPSA) is 65.3 Å². The van der Waals surface area contributed by atoms with Crippen LogP contribution in [0.1, 0.15) is 18.9 Å². The van der Waals surface area contributed by atoms with E-state index in [2.05, 4.69) is 5.32 Å². The van der Waals surface area contributed by atoms with Crippen LogP contribution in [0.15, 0.2) is 24.3 Å². The number of nitrogens with zero attached hydrogens (tertiary/aromatic N) is 1. The normalized spacial score (nSPS) is 11.8. The highest BCUT2D eigenvalue weighted by Gasteiger charge is 1.98. The average Bonchev–Trinajstić information content (AvgIpc) is 2.32. The molecular weight excluding hydrogens is 216 g/mol. The van der Waals surface area contributed by atoms with Crippen molar-refractivity contribution in [1.82, 2.24) is 5.32 Å². The molecule has 1 aromatic carbocycles. The summed E-state index contributed by atoms with van der Waals surface area (Å²) in [5, 5.41) is 20.7. The number of aliphatic hydroxyl groups is 1. The second-order valence-electron chi connectivity index (χ2n) is 3.91. The minimum Gasteiger partial charge on any atom is -0.479 e. The van der Waals surface area contributed by atoms with Crippen LogP contribution in [-0.4, -0.2) is 24.4 Å². The van der Waals surface area contributed by atoms with Gasteiger partial charge in [-0.25, -0.2) is 0 Å². The third kappa shape index (κ3) is 5.91. The van der Waals surface area contributed by atoms with Crippen LogP contribution in [0, 0.1) is 11.3 Å². The van der Waals surface area contributed by atoms with Gasteiger partial charge in [-0.05, 0) is 37.6 Å². The summed E-state index contributed by atoms with van der Waals surface area (Å²) in [6.07, 6.45) is 0.470. The van der Waals surface area contributed by atoms with Gasteiger partial charge in [-0.3, -0.25) is 0 Å². The molecule has 0 aliphatic carbocycles. The van der Waals surface area contributed by atoms with Crippen molar-refractivity contribution >= 4 is 0 Å².